The third-order valence-electron chi connectivity index (χ3n) is 4.86. The fourth-order valence-electron chi connectivity index (χ4n) is 3.29. The number of ether oxygens (including phenoxy) is 4. The van der Waals surface area contributed by atoms with Gasteiger partial charge in [0, 0.05) is 19.0 Å². The summed E-state index contributed by atoms with van der Waals surface area (Å²) in [6.45, 7) is -0.348. The van der Waals surface area contributed by atoms with Crippen molar-refractivity contribution in [3.05, 3.63) is 42.5 Å². The molecule has 0 spiro atoms. The normalized spacial score (nSPS) is 15.4. The van der Waals surface area contributed by atoms with E-state index in [-0.39, 0.29) is 18.9 Å². The molecule has 0 aliphatic carbocycles. The third-order valence-corrected chi connectivity index (χ3v) is 4.86. The van der Waals surface area contributed by atoms with E-state index < -0.39 is 24.4 Å². The molecule has 3 rings (SSSR count). The molecule has 0 aromatic heterocycles. The van der Waals surface area contributed by atoms with Crippen molar-refractivity contribution in [1.82, 2.24) is 0 Å². The first-order valence-electron chi connectivity index (χ1n) is 9.58. The molecule has 2 aromatic carbocycles. The zero-order valence-corrected chi connectivity index (χ0v) is 17.5. The Kier molecular flexibility index (Phi) is 6.96. The van der Waals surface area contributed by atoms with Crippen LogP contribution in [0.3, 0.4) is 0 Å². The Labute approximate surface area is 179 Å². The lowest BCUT2D eigenvalue weighted by atomic mass is 10.1. The quantitative estimate of drug-likeness (QED) is 0.643. The van der Waals surface area contributed by atoms with Gasteiger partial charge in [0.2, 0.25) is 5.91 Å². The van der Waals surface area contributed by atoms with E-state index >= 15 is 0 Å². The van der Waals surface area contributed by atoms with Crippen LogP contribution in [0.2, 0.25) is 0 Å². The van der Waals surface area contributed by atoms with Crippen molar-refractivity contribution in [1.29, 1.82) is 0 Å². The number of methoxy groups -OCH3 is 3. The number of carbonyl (C=O) groups excluding carboxylic acids is 3. The second-order valence-corrected chi connectivity index (χ2v) is 6.80. The van der Waals surface area contributed by atoms with Crippen molar-refractivity contribution in [3.8, 4) is 17.2 Å². The van der Waals surface area contributed by atoms with Crippen LogP contribution in [0.5, 0.6) is 17.2 Å². The summed E-state index contributed by atoms with van der Waals surface area (Å²) >= 11 is 0. The molecule has 2 amide bonds. The molecule has 1 N–H and O–H groups in total. The number of carbonyl (C=O) groups is 3. The highest BCUT2D eigenvalue weighted by Gasteiger charge is 2.37. The monoisotopic (exact) mass is 428 g/mol. The summed E-state index contributed by atoms with van der Waals surface area (Å²) in [5, 5.41) is 2.63. The number of esters is 1. The van der Waals surface area contributed by atoms with Gasteiger partial charge in [-0.25, -0.2) is 0 Å². The Hall–Kier alpha value is -3.75. The highest BCUT2D eigenvalue weighted by molar-refractivity contribution is 6.01. The molecule has 1 aliphatic heterocycles. The van der Waals surface area contributed by atoms with E-state index in [2.05, 4.69) is 5.32 Å². The van der Waals surface area contributed by atoms with Crippen LogP contribution in [-0.2, 0) is 19.1 Å². The topological polar surface area (TPSA) is 103 Å². The highest BCUT2D eigenvalue weighted by atomic mass is 16.5. The first kappa shape index (κ1) is 21.9. The lowest BCUT2D eigenvalue weighted by molar-refractivity contribution is -0.151. The van der Waals surface area contributed by atoms with Crippen molar-refractivity contribution >= 4 is 29.2 Å². The molecule has 164 valence electrons. The Balaban J connectivity index is 1.60. The Morgan fingerprint density at radius 3 is 2.48 bits per heavy atom. The number of para-hydroxylation sites is 2. The summed E-state index contributed by atoms with van der Waals surface area (Å²) in [7, 11) is 4.51. The van der Waals surface area contributed by atoms with Gasteiger partial charge in [-0.05, 0) is 24.3 Å². The van der Waals surface area contributed by atoms with Gasteiger partial charge in [0.25, 0.3) is 5.91 Å². The predicted octanol–water partition coefficient (Wildman–Crippen LogP) is 2.25. The average Bonchev–Trinajstić information content (AvgIpc) is 3.18. The van der Waals surface area contributed by atoms with E-state index in [4.69, 9.17) is 18.9 Å². The van der Waals surface area contributed by atoms with Crippen molar-refractivity contribution in [2.75, 3.05) is 44.7 Å². The summed E-state index contributed by atoms with van der Waals surface area (Å²) in [6, 6.07) is 12.0. The molecule has 0 unspecified atom stereocenters. The van der Waals surface area contributed by atoms with E-state index in [0.29, 0.717) is 28.6 Å². The van der Waals surface area contributed by atoms with Gasteiger partial charge in [0.1, 0.15) is 17.2 Å². The van der Waals surface area contributed by atoms with E-state index in [9.17, 15) is 14.4 Å². The van der Waals surface area contributed by atoms with Crippen LogP contribution >= 0.6 is 0 Å². The van der Waals surface area contributed by atoms with Gasteiger partial charge >= 0.3 is 5.97 Å². The standard InChI is InChI=1S/C22H24N2O7/c1-28-15-8-9-19(30-3)17(11-15)24-12-14(10-21(24)26)22(27)31-13-20(25)23-16-6-4-5-7-18(16)29-2/h4-9,11,14H,10,12-13H2,1-3H3,(H,23,25)/t14-/m0/s1. The molecular formula is C22H24N2O7. The van der Waals surface area contributed by atoms with Crippen molar-refractivity contribution in [2.45, 2.75) is 6.42 Å². The minimum absolute atomic E-state index is 0.0205. The van der Waals surface area contributed by atoms with E-state index in [1.165, 1.54) is 26.2 Å². The number of anilines is 2. The summed E-state index contributed by atoms with van der Waals surface area (Å²) in [4.78, 5) is 38.6. The van der Waals surface area contributed by atoms with E-state index in [1.807, 2.05) is 0 Å². The zero-order chi connectivity index (χ0) is 22.4. The Bertz CT molecular complexity index is 976. The number of hydrogen-bond donors (Lipinski definition) is 1. The fraction of sp³-hybridized carbons (Fsp3) is 0.318. The largest absolute Gasteiger partial charge is 0.497 e. The van der Waals surface area contributed by atoms with Crippen LogP contribution in [-0.4, -0.2) is 52.3 Å². The molecule has 0 radical (unpaired) electrons. The predicted molar refractivity (Wildman–Crippen MR) is 113 cm³/mol. The maximum Gasteiger partial charge on any atom is 0.311 e. The maximum atomic E-state index is 12.5. The van der Waals surface area contributed by atoms with Crippen molar-refractivity contribution in [3.63, 3.8) is 0 Å². The summed E-state index contributed by atoms with van der Waals surface area (Å²) in [5.74, 6) is -0.524. The average molecular weight is 428 g/mol. The van der Waals surface area contributed by atoms with Crippen LogP contribution < -0.4 is 24.4 Å². The molecule has 9 heteroatoms. The maximum absolute atomic E-state index is 12.5. The van der Waals surface area contributed by atoms with E-state index in [1.54, 1.807) is 42.5 Å². The van der Waals surface area contributed by atoms with Gasteiger partial charge in [0.05, 0.1) is 38.6 Å². The molecular weight excluding hydrogens is 404 g/mol. The molecule has 1 saturated heterocycles. The lowest BCUT2D eigenvalue weighted by Gasteiger charge is -2.20. The van der Waals surface area contributed by atoms with Gasteiger partial charge in [-0.3, -0.25) is 14.4 Å². The number of rotatable bonds is 8. The smallest absolute Gasteiger partial charge is 0.311 e. The SMILES string of the molecule is COc1ccc(OC)c(N2C[C@@H](C(=O)OCC(=O)Nc3ccccc3OC)CC2=O)c1. The molecule has 9 nitrogen and oxygen atoms in total. The van der Waals surface area contributed by atoms with Gasteiger partial charge < -0.3 is 29.2 Å². The molecule has 1 fully saturated rings. The molecule has 0 bridgehead atoms. The molecule has 0 saturated carbocycles. The zero-order valence-electron chi connectivity index (χ0n) is 17.5. The molecule has 1 aliphatic rings. The minimum Gasteiger partial charge on any atom is -0.497 e. The number of benzene rings is 2. The molecule has 31 heavy (non-hydrogen) atoms. The van der Waals surface area contributed by atoms with E-state index in [0.717, 1.165) is 0 Å². The third kappa shape index (κ3) is 5.06. The second-order valence-electron chi connectivity index (χ2n) is 6.80. The highest BCUT2D eigenvalue weighted by Crippen LogP contribution is 2.36. The molecule has 1 atom stereocenters. The number of hydrogen-bond acceptors (Lipinski definition) is 7. The van der Waals surface area contributed by atoms with Crippen molar-refractivity contribution in [2.24, 2.45) is 5.92 Å². The Morgan fingerprint density at radius 2 is 1.77 bits per heavy atom. The van der Waals surface area contributed by atoms with Crippen LogP contribution in [0, 0.1) is 5.92 Å². The minimum atomic E-state index is -0.692. The first-order chi connectivity index (χ1) is 15.0. The van der Waals surface area contributed by atoms with Gasteiger partial charge in [-0.2, -0.15) is 0 Å². The van der Waals surface area contributed by atoms with Crippen LogP contribution in [0.15, 0.2) is 42.5 Å². The number of amides is 2. The van der Waals surface area contributed by atoms with Crippen LogP contribution in [0.1, 0.15) is 6.42 Å². The lowest BCUT2D eigenvalue weighted by Crippen LogP contribution is -2.28. The fourth-order valence-corrected chi connectivity index (χ4v) is 3.29. The summed E-state index contributed by atoms with van der Waals surface area (Å²) < 4.78 is 20.9. The molecule has 1 heterocycles. The van der Waals surface area contributed by atoms with Crippen LogP contribution in [0.25, 0.3) is 0 Å². The first-order valence-corrected chi connectivity index (χ1v) is 9.58. The number of nitrogens with zero attached hydrogens (tertiary/aromatic N) is 1. The van der Waals surface area contributed by atoms with Gasteiger partial charge in [-0.1, -0.05) is 12.1 Å². The van der Waals surface area contributed by atoms with Crippen molar-refractivity contribution < 1.29 is 33.3 Å². The van der Waals surface area contributed by atoms with Gasteiger partial charge in [0.15, 0.2) is 6.61 Å². The summed E-state index contributed by atoms with van der Waals surface area (Å²) in [5.41, 5.74) is 0.981. The number of nitrogens with one attached hydrogen (secondary N) is 1. The van der Waals surface area contributed by atoms with Gasteiger partial charge in [-0.15, -0.1) is 0 Å². The molecule has 2 aromatic rings. The summed E-state index contributed by atoms with van der Waals surface area (Å²) in [6.07, 6.45) is -0.0205. The second kappa shape index (κ2) is 9.84. The van der Waals surface area contributed by atoms with Crippen LogP contribution in [0.4, 0.5) is 11.4 Å². The Morgan fingerprint density at radius 1 is 1.03 bits per heavy atom.